The number of hydrogen-bond acceptors (Lipinski definition) is 3. The van der Waals surface area contributed by atoms with Crippen molar-refractivity contribution in [2.24, 2.45) is 0 Å². The Bertz CT molecular complexity index is 699. The molecular weight excluding hydrogens is 349 g/mol. The van der Waals surface area contributed by atoms with Gasteiger partial charge in [-0.3, -0.25) is 4.79 Å². The first kappa shape index (κ1) is 18.3. The summed E-state index contributed by atoms with van der Waals surface area (Å²) in [5.41, 5.74) is 1.45. The minimum atomic E-state index is -0.858. The summed E-state index contributed by atoms with van der Waals surface area (Å²) in [5.74, 6) is -0.827. The second kappa shape index (κ2) is 8.71. The summed E-state index contributed by atoms with van der Waals surface area (Å²) in [6, 6.07) is 13.5. The lowest BCUT2D eigenvalue weighted by Crippen LogP contribution is -2.43. The predicted molar refractivity (Wildman–Crippen MR) is 94.3 cm³/mol. The van der Waals surface area contributed by atoms with E-state index < -0.39 is 12.0 Å². The van der Waals surface area contributed by atoms with Crippen molar-refractivity contribution in [3.8, 4) is 0 Å². The number of esters is 1. The molecule has 0 saturated heterocycles. The molecule has 1 atom stereocenters. The van der Waals surface area contributed by atoms with Gasteiger partial charge in [-0.25, -0.2) is 4.79 Å². The van der Waals surface area contributed by atoms with Crippen molar-refractivity contribution in [1.29, 1.82) is 0 Å². The van der Waals surface area contributed by atoms with Crippen LogP contribution < -0.4 is 5.32 Å². The molecule has 0 aromatic heterocycles. The van der Waals surface area contributed by atoms with E-state index in [0.29, 0.717) is 15.6 Å². The summed E-state index contributed by atoms with van der Waals surface area (Å²) in [7, 11) is 1.27. The molecule has 0 spiro atoms. The van der Waals surface area contributed by atoms with Crippen LogP contribution in [0.2, 0.25) is 10.0 Å². The van der Waals surface area contributed by atoms with Gasteiger partial charge in [-0.05, 0) is 23.3 Å². The minimum Gasteiger partial charge on any atom is -0.467 e. The number of methoxy groups -OCH3 is 1. The van der Waals surface area contributed by atoms with E-state index in [2.05, 4.69) is 5.32 Å². The average Bonchev–Trinajstić information content (AvgIpc) is 2.57. The van der Waals surface area contributed by atoms with Crippen LogP contribution in [0.1, 0.15) is 11.1 Å². The first-order valence-corrected chi connectivity index (χ1v) is 8.11. The number of amides is 1. The van der Waals surface area contributed by atoms with Gasteiger partial charge in [0.05, 0.1) is 13.5 Å². The Labute approximate surface area is 150 Å². The zero-order valence-corrected chi connectivity index (χ0v) is 14.6. The average molecular weight is 366 g/mol. The number of ether oxygens (including phenoxy) is 1. The number of carbonyl (C=O) groups is 2. The molecule has 0 bridgehead atoms. The van der Waals surface area contributed by atoms with Crippen LogP contribution in [0.15, 0.2) is 48.5 Å². The van der Waals surface area contributed by atoms with E-state index in [0.717, 1.165) is 5.56 Å². The highest BCUT2D eigenvalue weighted by Gasteiger charge is 2.24. The molecule has 0 radical (unpaired) electrons. The fraction of sp³-hybridized carbons (Fsp3) is 0.222. The molecule has 0 aliphatic rings. The maximum absolute atomic E-state index is 12.2. The zero-order chi connectivity index (χ0) is 17.5. The van der Waals surface area contributed by atoms with Crippen LogP contribution >= 0.6 is 23.2 Å². The molecule has 0 aliphatic carbocycles. The number of halogens is 2. The van der Waals surface area contributed by atoms with Crippen LogP contribution in [0, 0.1) is 0 Å². The Morgan fingerprint density at radius 3 is 2.25 bits per heavy atom. The van der Waals surface area contributed by atoms with Crippen molar-refractivity contribution >= 4 is 35.1 Å². The van der Waals surface area contributed by atoms with E-state index in [4.69, 9.17) is 27.9 Å². The van der Waals surface area contributed by atoms with Crippen LogP contribution in [0.5, 0.6) is 0 Å². The molecular formula is C18H17Cl2NO3. The third-order valence-corrected chi connectivity index (χ3v) is 4.21. The van der Waals surface area contributed by atoms with Gasteiger partial charge >= 0.3 is 5.97 Å². The monoisotopic (exact) mass is 365 g/mol. The molecule has 1 amide bonds. The summed E-state index contributed by atoms with van der Waals surface area (Å²) in [6.45, 7) is 0. The third kappa shape index (κ3) is 4.98. The largest absolute Gasteiger partial charge is 0.467 e. The van der Waals surface area contributed by atoms with Gasteiger partial charge in [0.25, 0.3) is 0 Å². The van der Waals surface area contributed by atoms with Crippen molar-refractivity contribution in [2.45, 2.75) is 18.9 Å². The topological polar surface area (TPSA) is 55.4 Å². The van der Waals surface area contributed by atoms with Gasteiger partial charge in [0.1, 0.15) is 6.04 Å². The van der Waals surface area contributed by atoms with Crippen LogP contribution in [0.4, 0.5) is 0 Å². The minimum absolute atomic E-state index is 0.158. The summed E-state index contributed by atoms with van der Waals surface area (Å²) in [6.07, 6.45) is 0.330. The van der Waals surface area contributed by atoms with Gasteiger partial charge in [0, 0.05) is 16.5 Å². The van der Waals surface area contributed by atoms with Gasteiger partial charge in [0.2, 0.25) is 5.91 Å². The quantitative estimate of drug-likeness (QED) is 0.797. The van der Waals surface area contributed by atoms with E-state index in [1.54, 1.807) is 18.2 Å². The molecule has 2 rings (SSSR count). The second-order valence-corrected chi connectivity index (χ2v) is 6.02. The van der Waals surface area contributed by atoms with Gasteiger partial charge in [-0.2, -0.15) is 0 Å². The second-order valence-electron chi connectivity index (χ2n) is 5.21. The highest BCUT2D eigenvalue weighted by molar-refractivity contribution is 6.36. The van der Waals surface area contributed by atoms with Crippen LogP contribution in [-0.2, 0) is 27.2 Å². The summed E-state index contributed by atoms with van der Waals surface area (Å²) in [4.78, 5) is 24.2. The van der Waals surface area contributed by atoms with Crippen LogP contribution in [0.25, 0.3) is 0 Å². The lowest BCUT2D eigenvalue weighted by atomic mass is 10.0. The Morgan fingerprint density at radius 2 is 1.67 bits per heavy atom. The van der Waals surface area contributed by atoms with E-state index in [9.17, 15) is 9.59 Å². The van der Waals surface area contributed by atoms with Crippen molar-refractivity contribution in [1.82, 2.24) is 5.32 Å². The molecule has 6 heteroatoms. The molecule has 126 valence electrons. The molecule has 2 aromatic rings. The normalized spacial score (nSPS) is 11.6. The fourth-order valence-electron chi connectivity index (χ4n) is 2.29. The predicted octanol–water partition coefficient (Wildman–Crippen LogP) is 3.44. The van der Waals surface area contributed by atoms with Crippen molar-refractivity contribution in [3.63, 3.8) is 0 Å². The first-order chi connectivity index (χ1) is 11.5. The highest BCUT2D eigenvalue weighted by Crippen LogP contribution is 2.25. The maximum atomic E-state index is 12.2. The Kier molecular flexibility index (Phi) is 6.64. The molecule has 0 unspecified atom stereocenters. The van der Waals surface area contributed by atoms with E-state index >= 15 is 0 Å². The summed E-state index contributed by atoms with van der Waals surface area (Å²) in [5, 5.41) is 3.57. The van der Waals surface area contributed by atoms with Crippen molar-refractivity contribution in [2.75, 3.05) is 7.11 Å². The molecule has 0 saturated carbocycles. The number of hydrogen-bond donors (Lipinski definition) is 1. The number of rotatable bonds is 6. The Hall–Kier alpha value is -2.04. The van der Waals surface area contributed by atoms with Crippen molar-refractivity contribution < 1.29 is 14.3 Å². The van der Waals surface area contributed by atoms with Crippen LogP contribution in [0.3, 0.4) is 0 Å². The van der Waals surface area contributed by atoms with Crippen LogP contribution in [-0.4, -0.2) is 25.0 Å². The summed E-state index contributed by atoms with van der Waals surface area (Å²) < 4.78 is 4.78. The molecule has 24 heavy (non-hydrogen) atoms. The van der Waals surface area contributed by atoms with E-state index in [1.807, 2.05) is 30.3 Å². The SMILES string of the molecule is COC(=O)[C@@H](Cc1c(Cl)cccc1Cl)NC(=O)Cc1ccccc1. The van der Waals surface area contributed by atoms with E-state index in [-0.39, 0.29) is 18.7 Å². The van der Waals surface area contributed by atoms with E-state index in [1.165, 1.54) is 7.11 Å². The van der Waals surface area contributed by atoms with Gasteiger partial charge in [-0.15, -0.1) is 0 Å². The third-order valence-electron chi connectivity index (χ3n) is 3.50. The van der Waals surface area contributed by atoms with Gasteiger partial charge in [-0.1, -0.05) is 59.6 Å². The molecule has 0 aliphatic heterocycles. The highest BCUT2D eigenvalue weighted by atomic mass is 35.5. The number of carbonyl (C=O) groups excluding carboxylic acids is 2. The maximum Gasteiger partial charge on any atom is 0.328 e. The first-order valence-electron chi connectivity index (χ1n) is 7.35. The molecule has 1 N–H and O–H groups in total. The standard InChI is InChI=1S/C18H17Cl2NO3/c1-24-18(23)16(11-13-14(19)8-5-9-15(13)20)21-17(22)10-12-6-3-2-4-7-12/h2-9,16H,10-11H2,1H3,(H,21,22)/t16-/m1/s1. The van der Waals surface area contributed by atoms with Gasteiger partial charge < -0.3 is 10.1 Å². The fourth-order valence-corrected chi connectivity index (χ4v) is 2.85. The molecule has 4 nitrogen and oxygen atoms in total. The Balaban J connectivity index is 2.11. The van der Waals surface area contributed by atoms with Crippen molar-refractivity contribution in [3.05, 3.63) is 69.7 Å². The Morgan fingerprint density at radius 1 is 1.04 bits per heavy atom. The zero-order valence-electron chi connectivity index (χ0n) is 13.1. The number of benzene rings is 2. The lowest BCUT2D eigenvalue weighted by Gasteiger charge is -2.18. The smallest absolute Gasteiger partial charge is 0.328 e. The number of nitrogens with one attached hydrogen (secondary N) is 1. The lowest BCUT2D eigenvalue weighted by molar-refractivity contribution is -0.145. The molecule has 2 aromatic carbocycles. The molecule has 0 fully saturated rings. The van der Waals surface area contributed by atoms with Gasteiger partial charge in [0.15, 0.2) is 0 Å². The molecule has 0 heterocycles. The summed E-state index contributed by atoms with van der Waals surface area (Å²) >= 11 is 12.3.